The molecule has 0 aliphatic heterocycles. The maximum atomic E-state index is 11.4. The molecule has 2 N–H and O–H groups in total. The van der Waals surface area contributed by atoms with Crippen LogP contribution in [0, 0.1) is 0 Å². The smallest absolute Gasteiger partial charge is 0.208 e. The second-order valence-corrected chi connectivity index (χ2v) is 5.36. The highest BCUT2D eigenvalue weighted by atomic mass is 35.5. The van der Waals surface area contributed by atoms with Crippen LogP contribution in [0.5, 0.6) is 0 Å². The lowest BCUT2D eigenvalue weighted by atomic mass is 10.8. The van der Waals surface area contributed by atoms with E-state index in [0.29, 0.717) is 24.8 Å². The molecule has 0 saturated heterocycles. The fourth-order valence-corrected chi connectivity index (χ4v) is 2.21. The molecule has 11 heavy (non-hydrogen) atoms. The summed E-state index contributed by atoms with van der Waals surface area (Å²) in [5.74, 6) is 0.917. The summed E-state index contributed by atoms with van der Waals surface area (Å²) >= 11 is 10.8. The SMILES string of the molecule is CP(=O)(NCCCl)NCCCl. The van der Waals surface area contributed by atoms with Crippen LogP contribution in [-0.2, 0) is 4.57 Å². The van der Waals surface area contributed by atoms with Gasteiger partial charge in [0.2, 0.25) is 7.44 Å². The van der Waals surface area contributed by atoms with E-state index in [9.17, 15) is 4.57 Å². The predicted octanol–water partition coefficient (Wildman–Crippen LogP) is 1.47. The number of hydrogen-bond donors (Lipinski definition) is 2. The molecule has 0 fully saturated rings. The summed E-state index contributed by atoms with van der Waals surface area (Å²) in [5.41, 5.74) is 0. The summed E-state index contributed by atoms with van der Waals surface area (Å²) < 4.78 is 11.4. The first-order chi connectivity index (χ1) is 5.12. The number of hydrogen-bond acceptors (Lipinski definition) is 1. The normalized spacial score (nSPS) is 11.9. The third-order valence-corrected chi connectivity index (χ3v) is 3.05. The fraction of sp³-hybridized carbons (Fsp3) is 1.00. The van der Waals surface area contributed by atoms with Crippen LogP contribution in [0.1, 0.15) is 0 Å². The molecule has 3 nitrogen and oxygen atoms in total. The van der Waals surface area contributed by atoms with E-state index < -0.39 is 7.44 Å². The summed E-state index contributed by atoms with van der Waals surface area (Å²) in [6, 6.07) is 0. The van der Waals surface area contributed by atoms with Crippen LogP contribution in [0.3, 0.4) is 0 Å². The third kappa shape index (κ3) is 7.10. The van der Waals surface area contributed by atoms with Gasteiger partial charge < -0.3 is 0 Å². The van der Waals surface area contributed by atoms with Gasteiger partial charge in [0.1, 0.15) is 0 Å². The molecular formula is C5H13Cl2N2OP. The van der Waals surface area contributed by atoms with Gasteiger partial charge >= 0.3 is 0 Å². The molecular weight excluding hydrogens is 206 g/mol. The first kappa shape index (κ1) is 11.7. The van der Waals surface area contributed by atoms with E-state index in [1.54, 1.807) is 6.66 Å². The lowest BCUT2D eigenvalue weighted by Gasteiger charge is -2.14. The zero-order valence-electron chi connectivity index (χ0n) is 6.44. The van der Waals surface area contributed by atoms with E-state index in [1.165, 1.54) is 0 Å². The van der Waals surface area contributed by atoms with Crippen molar-refractivity contribution in [2.24, 2.45) is 0 Å². The predicted molar refractivity (Wildman–Crippen MR) is 51.0 cm³/mol. The van der Waals surface area contributed by atoms with E-state index >= 15 is 0 Å². The molecule has 0 saturated carbocycles. The molecule has 0 amide bonds. The minimum atomic E-state index is -2.39. The van der Waals surface area contributed by atoms with E-state index in [2.05, 4.69) is 10.2 Å². The summed E-state index contributed by atoms with van der Waals surface area (Å²) in [6.07, 6.45) is 0. The van der Waals surface area contributed by atoms with Gasteiger partial charge in [0, 0.05) is 31.5 Å². The monoisotopic (exact) mass is 218 g/mol. The molecule has 68 valence electrons. The van der Waals surface area contributed by atoms with Crippen LogP contribution in [0.25, 0.3) is 0 Å². The molecule has 0 radical (unpaired) electrons. The van der Waals surface area contributed by atoms with E-state index in [1.807, 2.05) is 0 Å². The van der Waals surface area contributed by atoms with Crippen molar-refractivity contribution >= 4 is 30.6 Å². The highest BCUT2D eigenvalue weighted by Gasteiger charge is 2.10. The van der Waals surface area contributed by atoms with E-state index in [-0.39, 0.29) is 0 Å². The lowest BCUT2D eigenvalue weighted by molar-refractivity contribution is 0.561. The number of rotatable bonds is 6. The summed E-state index contributed by atoms with van der Waals surface area (Å²) in [6.45, 7) is 2.71. The van der Waals surface area contributed by atoms with Gasteiger partial charge in [0.15, 0.2) is 0 Å². The van der Waals surface area contributed by atoms with Gasteiger partial charge in [-0.1, -0.05) is 0 Å². The molecule has 0 aromatic heterocycles. The second kappa shape index (κ2) is 6.27. The van der Waals surface area contributed by atoms with Crippen LogP contribution >= 0.6 is 30.6 Å². The van der Waals surface area contributed by atoms with Gasteiger partial charge in [-0.15, -0.1) is 23.2 Å². The molecule has 0 spiro atoms. The molecule has 0 atom stereocenters. The molecule has 0 aliphatic rings. The van der Waals surface area contributed by atoms with Crippen molar-refractivity contribution in [2.75, 3.05) is 31.5 Å². The second-order valence-electron chi connectivity index (χ2n) is 2.12. The van der Waals surface area contributed by atoms with Crippen LogP contribution in [0.15, 0.2) is 0 Å². The van der Waals surface area contributed by atoms with Crippen LogP contribution in [0.2, 0.25) is 0 Å². The van der Waals surface area contributed by atoms with Crippen molar-refractivity contribution < 1.29 is 4.57 Å². The fourth-order valence-electron chi connectivity index (χ4n) is 0.567. The lowest BCUT2D eigenvalue weighted by Crippen LogP contribution is -2.24. The molecule has 0 aliphatic carbocycles. The average molecular weight is 219 g/mol. The van der Waals surface area contributed by atoms with Gasteiger partial charge in [-0.2, -0.15) is 0 Å². The Bertz CT molecular complexity index is 132. The molecule has 0 aromatic carbocycles. The van der Waals surface area contributed by atoms with Gasteiger partial charge in [-0.25, -0.2) is 0 Å². The number of halogens is 2. The van der Waals surface area contributed by atoms with Crippen molar-refractivity contribution in [3.05, 3.63) is 0 Å². The molecule has 0 rings (SSSR count). The largest absolute Gasteiger partial charge is 0.290 e. The molecule has 0 aromatic rings. The standard InChI is InChI=1S/C5H13Cl2N2OP/c1-11(10,8-4-2-6)9-5-3-7/h2-5H2,1H3,(H2,8,9,10). The maximum Gasteiger partial charge on any atom is 0.208 e. The first-order valence-corrected chi connectivity index (χ1v) is 6.54. The highest BCUT2D eigenvalue weighted by molar-refractivity contribution is 7.59. The number of alkyl halides is 2. The van der Waals surface area contributed by atoms with Gasteiger partial charge in [-0.3, -0.25) is 14.7 Å². The minimum Gasteiger partial charge on any atom is -0.290 e. The van der Waals surface area contributed by atoms with Gasteiger partial charge in [0.05, 0.1) is 0 Å². The summed E-state index contributed by atoms with van der Waals surface area (Å²) in [4.78, 5) is 0. The summed E-state index contributed by atoms with van der Waals surface area (Å²) in [7, 11) is -2.39. The van der Waals surface area contributed by atoms with Gasteiger partial charge in [0.25, 0.3) is 0 Å². The van der Waals surface area contributed by atoms with Crippen molar-refractivity contribution in [1.82, 2.24) is 10.2 Å². The average Bonchev–Trinajstić information content (AvgIpc) is 1.97. The molecule has 0 heterocycles. The van der Waals surface area contributed by atoms with E-state index in [0.717, 1.165) is 0 Å². The molecule has 0 unspecified atom stereocenters. The van der Waals surface area contributed by atoms with Crippen LogP contribution in [-0.4, -0.2) is 31.5 Å². The Morgan fingerprint density at radius 1 is 1.18 bits per heavy atom. The molecule has 0 bridgehead atoms. The first-order valence-electron chi connectivity index (χ1n) is 3.32. The Balaban J connectivity index is 3.53. The maximum absolute atomic E-state index is 11.4. The third-order valence-electron chi connectivity index (χ3n) is 1.02. The number of nitrogens with one attached hydrogen (secondary N) is 2. The van der Waals surface area contributed by atoms with E-state index in [4.69, 9.17) is 23.2 Å². The zero-order chi connectivity index (χ0) is 8.74. The van der Waals surface area contributed by atoms with Crippen molar-refractivity contribution in [3.8, 4) is 0 Å². The Labute approximate surface area is 77.3 Å². The van der Waals surface area contributed by atoms with Crippen LogP contribution in [0.4, 0.5) is 0 Å². The zero-order valence-corrected chi connectivity index (χ0v) is 8.85. The van der Waals surface area contributed by atoms with Crippen molar-refractivity contribution in [2.45, 2.75) is 0 Å². The van der Waals surface area contributed by atoms with Crippen molar-refractivity contribution in [3.63, 3.8) is 0 Å². The van der Waals surface area contributed by atoms with Gasteiger partial charge in [-0.05, 0) is 0 Å². The summed E-state index contributed by atoms with van der Waals surface area (Å²) in [5, 5.41) is 5.59. The Hall–Kier alpha value is 0.730. The van der Waals surface area contributed by atoms with Crippen LogP contribution < -0.4 is 10.2 Å². The Morgan fingerprint density at radius 2 is 1.55 bits per heavy atom. The Morgan fingerprint density at radius 3 is 1.82 bits per heavy atom. The Kier molecular flexibility index (Phi) is 6.68. The quantitative estimate of drug-likeness (QED) is 0.525. The molecule has 6 heteroatoms. The topological polar surface area (TPSA) is 41.1 Å². The highest BCUT2D eigenvalue weighted by Crippen LogP contribution is 2.28. The minimum absolute atomic E-state index is 0.459. The van der Waals surface area contributed by atoms with Crippen molar-refractivity contribution in [1.29, 1.82) is 0 Å².